The highest BCUT2D eigenvalue weighted by Gasteiger charge is 2.33. The van der Waals surface area contributed by atoms with Crippen LogP contribution in [0.2, 0.25) is 0 Å². The molecule has 1 N–H and O–H groups in total. The third-order valence-electron chi connectivity index (χ3n) is 3.66. The number of hydrogen-bond donors (Lipinski definition) is 1. The van der Waals surface area contributed by atoms with Gasteiger partial charge in [0.25, 0.3) is 5.91 Å². The van der Waals surface area contributed by atoms with E-state index in [4.69, 9.17) is 4.74 Å². The molecule has 3 heterocycles. The predicted molar refractivity (Wildman–Crippen MR) is 81.8 cm³/mol. The first kappa shape index (κ1) is 15.1. The van der Waals surface area contributed by atoms with Gasteiger partial charge in [-0.05, 0) is 24.9 Å². The first-order chi connectivity index (χ1) is 10.7. The molecule has 0 unspecified atom stereocenters. The summed E-state index contributed by atoms with van der Waals surface area (Å²) >= 11 is 1.17. The van der Waals surface area contributed by atoms with Crippen LogP contribution in [0.1, 0.15) is 46.3 Å². The Morgan fingerprint density at radius 1 is 1.59 bits per heavy atom. The van der Waals surface area contributed by atoms with Crippen molar-refractivity contribution in [3.63, 3.8) is 0 Å². The van der Waals surface area contributed by atoms with E-state index in [9.17, 15) is 4.79 Å². The van der Waals surface area contributed by atoms with E-state index in [0.717, 1.165) is 30.1 Å². The molecule has 2 aromatic heterocycles. The van der Waals surface area contributed by atoms with Crippen LogP contribution in [0, 0.1) is 6.92 Å². The molecule has 0 spiro atoms. The fourth-order valence-corrected chi connectivity index (χ4v) is 3.24. The van der Waals surface area contributed by atoms with E-state index in [-0.39, 0.29) is 11.9 Å². The minimum atomic E-state index is -0.188. The maximum absolute atomic E-state index is 12.9. The Hall–Kier alpha value is -1.80. The summed E-state index contributed by atoms with van der Waals surface area (Å²) in [6, 6.07) is -0.188. The lowest BCUT2D eigenvalue weighted by Crippen LogP contribution is -2.43. The molecule has 3 rings (SSSR count). The number of nitrogens with zero attached hydrogens (tertiary/aromatic N) is 4. The van der Waals surface area contributed by atoms with E-state index < -0.39 is 0 Å². The van der Waals surface area contributed by atoms with Gasteiger partial charge in [-0.25, -0.2) is 4.98 Å². The van der Waals surface area contributed by atoms with Crippen LogP contribution in [-0.4, -0.2) is 50.1 Å². The summed E-state index contributed by atoms with van der Waals surface area (Å²) in [5.41, 5.74) is 1.76. The quantitative estimate of drug-likeness (QED) is 0.927. The topological polar surface area (TPSA) is 84.0 Å². The fraction of sp³-hybridized carbons (Fsp3) is 0.571. The van der Waals surface area contributed by atoms with Gasteiger partial charge in [0.2, 0.25) is 0 Å². The monoisotopic (exact) mass is 321 g/mol. The van der Waals surface area contributed by atoms with Crippen molar-refractivity contribution < 1.29 is 9.53 Å². The molecular weight excluding hydrogens is 302 g/mol. The summed E-state index contributed by atoms with van der Waals surface area (Å²) in [5.74, 6) is 0.737. The van der Waals surface area contributed by atoms with Gasteiger partial charge >= 0.3 is 0 Å². The van der Waals surface area contributed by atoms with Crippen LogP contribution in [0.4, 0.5) is 0 Å². The summed E-state index contributed by atoms with van der Waals surface area (Å²) in [6.07, 6.45) is 3.48. The molecule has 7 nitrogen and oxygen atoms in total. The molecule has 0 aromatic carbocycles. The average Bonchev–Trinajstić information content (AvgIpc) is 3.16. The van der Waals surface area contributed by atoms with Crippen LogP contribution in [0.5, 0.6) is 0 Å². The number of rotatable bonds is 4. The van der Waals surface area contributed by atoms with Crippen molar-refractivity contribution in [3.8, 4) is 0 Å². The number of hydrogen-bond acceptors (Lipinski definition) is 6. The van der Waals surface area contributed by atoms with E-state index in [1.807, 2.05) is 11.8 Å². The van der Waals surface area contributed by atoms with E-state index in [1.54, 1.807) is 6.20 Å². The summed E-state index contributed by atoms with van der Waals surface area (Å²) < 4.78 is 9.49. The van der Waals surface area contributed by atoms with E-state index in [1.165, 1.54) is 11.5 Å². The van der Waals surface area contributed by atoms with E-state index in [2.05, 4.69) is 26.5 Å². The summed E-state index contributed by atoms with van der Waals surface area (Å²) in [5, 5.41) is 4.09. The largest absolute Gasteiger partial charge is 0.377 e. The summed E-state index contributed by atoms with van der Waals surface area (Å²) in [4.78, 5) is 22.9. The molecule has 118 valence electrons. The number of morpholine rings is 1. The fourth-order valence-electron chi connectivity index (χ4n) is 2.58. The number of H-pyrrole nitrogens is 1. The van der Waals surface area contributed by atoms with Gasteiger partial charge in [-0.1, -0.05) is 17.8 Å². The molecule has 8 heteroatoms. The Morgan fingerprint density at radius 3 is 3.18 bits per heavy atom. The standard InChI is InChI=1S/C14H19N5O2S/c1-3-4-10-12(22-18-17-10)14(20)19-5-6-21-8-11(19)13-15-7-9(2)16-13/h7,11H,3-6,8H2,1-2H3,(H,15,16)/t11-/m1/s1. The van der Waals surface area contributed by atoms with Crippen molar-refractivity contribution in [3.05, 3.63) is 28.3 Å². The molecule has 1 aliphatic rings. The second-order valence-electron chi connectivity index (χ2n) is 5.34. The number of amides is 1. The lowest BCUT2D eigenvalue weighted by atomic mass is 10.1. The van der Waals surface area contributed by atoms with Gasteiger partial charge in [0.15, 0.2) is 0 Å². The minimum Gasteiger partial charge on any atom is -0.377 e. The number of carbonyl (C=O) groups excluding carboxylic acids is 1. The Kier molecular flexibility index (Phi) is 4.49. The van der Waals surface area contributed by atoms with Gasteiger partial charge in [-0.2, -0.15) is 0 Å². The van der Waals surface area contributed by atoms with Gasteiger partial charge in [0.1, 0.15) is 16.7 Å². The van der Waals surface area contributed by atoms with Crippen LogP contribution in [0.3, 0.4) is 0 Å². The zero-order valence-electron chi connectivity index (χ0n) is 12.7. The second-order valence-corrected chi connectivity index (χ2v) is 6.09. The minimum absolute atomic E-state index is 0.0270. The van der Waals surface area contributed by atoms with Crippen LogP contribution >= 0.6 is 11.5 Å². The third kappa shape index (κ3) is 2.89. The van der Waals surface area contributed by atoms with Crippen molar-refractivity contribution in [2.75, 3.05) is 19.8 Å². The van der Waals surface area contributed by atoms with Gasteiger partial charge < -0.3 is 14.6 Å². The maximum Gasteiger partial charge on any atom is 0.268 e. The second kappa shape index (κ2) is 6.53. The van der Waals surface area contributed by atoms with Crippen LogP contribution in [-0.2, 0) is 11.2 Å². The SMILES string of the molecule is CCCc1nnsc1C(=O)N1CCOC[C@@H]1c1ncc(C)[nH]1. The van der Waals surface area contributed by atoms with Crippen molar-refractivity contribution in [2.24, 2.45) is 0 Å². The molecule has 1 saturated heterocycles. The molecule has 1 amide bonds. The van der Waals surface area contributed by atoms with Crippen molar-refractivity contribution in [1.29, 1.82) is 0 Å². The number of imidazole rings is 1. The Morgan fingerprint density at radius 2 is 2.45 bits per heavy atom. The predicted octanol–water partition coefficient (Wildman–Crippen LogP) is 1.74. The van der Waals surface area contributed by atoms with Crippen molar-refractivity contribution in [1.82, 2.24) is 24.5 Å². The van der Waals surface area contributed by atoms with Crippen LogP contribution in [0.25, 0.3) is 0 Å². The lowest BCUT2D eigenvalue weighted by Gasteiger charge is -2.34. The number of ether oxygens (including phenoxy) is 1. The zero-order valence-corrected chi connectivity index (χ0v) is 13.5. The van der Waals surface area contributed by atoms with Gasteiger partial charge in [0.05, 0.1) is 18.9 Å². The van der Waals surface area contributed by atoms with Crippen molar-refractivity contribution in [2.45, 2.75) is 32.7 Å². The first-order valence-corrected chi connectivity index (χ1v) is 8.19. The molecule has 0 radical (unpaired) electrons. The molecule has 1 aliphatic heterocycles. The number of aryl methyl sites for hydroxylation is 2. The molecular formula is C14H19N5O2S. The summed E-state index contributed by atoms with van der Waals surface area (Å²) in [7, 11) is 0. The molecule has 2 aromatic rings. The average molecular weight is 321 g/mol. The Balaban J connectivity index is 1.86. The maximum atomic E-state index is 12.9. The molecule has 0 aliphatic carbocycles. The highest BCUT2D eigenvalue weighted by Crippen LogP contribution is 2.26. The molecule has 1 atom stereocenters. The van der Waals surface area contributed by atoms with Crippen LogP contribution in [0.15, 0.2) is 6.20 Å². The number of carbonyl (C=O) groups is 1. The smallest absolute Gasteiger partial charge is 0.268 e. The van der Waals surface area contributed by atoms with Gasteiger partial charge in [-0.15, -0.1) is 5.10 Å². The zero-order chi connectivity index (χ0) is 15.5. The number of aromatic nitrogens is 4. The van der Waals surface area contributed by atoms with E-state index >= 15 is 0 Å². The van der Waals surface area contributed by atoms with E-state index in [0.29, 0.717) is 24.6 Å². The molecule has 1 fully saturated rings. The van der Waals surface area contributed by atoms with Crippen LogP contribution < -0.4 is 0 Å². The normalized spacial score (nSPS) is 18.6. The summed E-state index contributed by atoms with van der Waals surface area (Å²) in [6.45, 7) is 5.55. The number of nitrogens with one attached hydrogen (secondary N) is 1. The first-order valence-electron chi connectivity index (χ1n) is 7.42. The van der Waals surface area contributed by atoms with Gasteiger partial charge in [0, 0.05) is 18.4 Å². The molecule has 0 saturated carbocycles. The highest BCUT2D eigenvalue weighted by atomic mass is 32.1. The highest BCUT2D eigenvalue weighted by molar-refractivity contribution is 7.08. The Bertz CT molecular complexity index is 653. The van der Waals surface area contributed by atoms with Gasteiger partial charge in [-0.3, -0.25) is 4.79 Å². The third-order valence-corrected chi connectivity index (χ3v) is 4.42. The van der Waals surface area contributed by atoms with Crippen molar-refractivity contribution >= 4 is 17.4 Å². The Labute approximate surface area is 132 Å². The molecule has 0 bridgehead atoms. The number of aromatic amines is 1. The molecule has 22 heavy (non-hydrogen) atoms. The lowest BCUT2D eigenvalue weighted by molar-refractivity contribution is -0.00481.